The Bertz CT molecular complexity index is 992. The van der Waals surface area contributed by atoms with Crippen LogP contribution in [0.5, 0.6) is 5.75 Å². The first-order valence-electron chi connectivity index (χ1n) is 11.8. The number of alkyl carbamates (subject to hydrolysis) is 1. The van der Waals surface area contributed by atoms with Gasteiger partial charge in [0.2, 0.25) is 11.8 Å². The van der Waals surface area contributed by atoms with Gasteiger partial charge in [0.25, 0.3) is 0 Å². The third kappa shape index (κ3) is 10.1. The predicted molar refractivity (Wildman–Crippen MR) is 135 cm³/mol. The zero-order valence-electron chi connectivity index (χ0n) is 21.2. The summed E-state index contributed by atoms with van der Waals surface area (Å²) in [6.45, 7) is 9.15. The van der Waals surface area contributed by atoms with Gasteiger partial charge in [0.05, 0.1) is 6.54 Å². The Morgan fingerprint density at radius 3 is 2.23 bits per heavy atom. The molecule has 0 radical (unpaired) electrons. The Morgan fingerprint density at radius 2 is 1.63 bits per heavy atom. The number of hydrogen-bond donors (Lipinski definition) is 4. The number of rotatable bonds is 10. The highest BCUT2D eigenvalue weighted by molar-refractivity contribution is 5.89. The number of amides is 3. The van der Waals surface area contributed by atoms with Crippen LogP contribution in [0.15, 0.2) is 42.5 Å². The summed E-state index contributed by atoms with van der Waals surface area (Å²) in [4.78, 5) is 37.6. The van der Waals surface area contributed by atoms with E-state index in [1.165, 1.54) is 5.56 Å². The molecule has 0 aliphatic rings. The minimum absolute atomic E-state index is 0.133. The van der Waals surface area contributed by atoms with E-state index in [1.807, 2.05) is 44.2 Å². The largest absolute Gasteiger partial charge is 0.508 e. The van der Waals surface area contributed by atoms with Gasteiger partial charge in [0.15, 0.2) is 0 Å². The van der Waals surface area contributed by atoms with Gasteiger partial charge in [-0.2, -0.15) is 0 Å². The summed E-state index contributed by atoms with van der Waals surface area (Å²) in [6, 6.07) is 12.2. The third-order valence-corrected chi connectivity index (χ3v) is 5.33. The average Bonchev–Trinajstić information content (AvgIpc) is 2.76. The molecule has 2 rings (SSSR count). The first kappa shape index (κ1) is 27.7. The van der Waals surface area contributed by atoms with Gasteiger partial charge in [-0.25, -0.2) is 4.79 Å². The van der Waals surface area contributed by atoms with Gasteiger partial charge in [0, 0.05) is 13.0 Å². The van der Waals surface area contributed by atoms with Crippen LogP contribution in [0.2, 0.25) is 0 Å². The lowest BCUT2D eigenvalue weighted by atomic mass is 9.95. The molecule has 4 N–H and O–H groups in total. The molecule has 0 aliphatic heterocycles. The van der Waals surface area contributed by atoms with E-state index in [2.05, 4.69) is 16.0 Å². The maximum atomic E-state index is 12.9. The van der Waals surface area contributed by atoms with Crippen molar-refractivity contribution >= 4 is 17.9 Å². The standard InChI is InChI=1S/C27H37N3O5/c1-18-14-21(31)15-19(2)22(18)16-23(30-26(34)35-27(3,4)5)25(33)29-17-24(32)28-13-9-12-20-10-7-6-8-11-20/h6-8,10-11,14-15,23,31H,9,12-13,16-17H2,1-5H3,(H,28,32)(H,29,33)(H,30,34). The normalized spacial score (nSPS) is 11.9. The highest BCUT2D eigenvalue weighted by Crippen LogP contribution is 2.22. The summed E-state index contributed by atoms with van der Waals surface area (Å²) in [6.07, 6.45) is 1.09. The van der Waals surface area contributed by atoms with Gasteiger partial charge >= 0.3 is 6.09 Å². The minimum atomic E-state index is -0.960. The summed E-state index contributed by atoms with van der Waals surface area (Å²) in [5.41, 5.74) is 2.88. The molecule has 190 valence electrons. The number of benzene rings is 2. The van der Waals surface area contributed by atoms with Crippen LogP contribution in [0.4, 0.5) is 4.79 Å². The lowest BCUT2D eigenvalue weighted by Crippen LogP contribution is -2.51. The molecule has 0 aliphatic carbocycles. The number of aromatic hydroxyl groups is 1. The van der Waals surface area contributed by atoms with Crippen LogP contribution in [-0.2, 0) is 27.2 Å². The average molecular weight is 484 g/mol. The SMILES string of the molecule is Cc1cc(O)cc(C)c1CC(NC(=O)OC(C)(C)C)C(=O)NCC(=O)NCCCc1ccccc1. The molecule has 0 saturated carbocycles. The second-order valence-electron chi connectivity index (χ2n) is 9.62. The molecular weight excluding hydrogens is 446 g/mol. The zero-order valence-corrected chi connectivity index (χ0v) is 21.2. The van der Waals surface area contributed by atoms with Crippen LogP contribution in [0.25, 0.3) is 0 Å². The molecule has 0 spiro atoms. The van der Waals surface area contributed by atoms with Gasteiger partial charge in [-0.15, -0.1) is 0 Å². The summed E-state index contributed by atoms with van der Waals surface area (Å²) in [7, 11) is 0. The molecule has 8 heteroatoms. The van der Waals surface area contributed by atoms with Crippen molar-refractivity contribution in [2.75, 3.05) is 13.1 Å². The zero-order chi connectivity index (χ0) is 26.0. The molecule has 35 heavy (non-hydrogen) atoms. The van der Waals surface area contributed by atoms with Gasteiger partial charge in [-0.05, 0) is 81.8 Å². The van der Waals surface area contributed by atoms with E-state index < -0.39 is 23.6 Å². The van der Waals surface area contributed by atoms with Crippen LogP contribution in [0.1, 0.15) is 49.4 Å². The fourth-order valence-electron chi connectivity index (χ4n) is 3.67. The van der Waals surface area contributed by atoms with Gasteiger partial charge in [0.1, 0.15) is 17.4 Å². The van der Waals surface area contributed by atoms with Crippen LogP contribution >= 0.6 is 0 Å². The van der Waals surface area contributed by atoms with Crippen LogP contribution < -0.4 is 16.0 Å². The fraction of sp³-hybridized carbons (Fsp3) is 0.444. The van der Waals surface area contributed by atoms with Crippen LogP contribution in [0, 0.1) is 13.8 Å². The van der Waals surface area contributed by atoms with E-state index in [0.29, 0.717) is 6.54 Å². The Hall–Kier alpha value is -3.55. The summed E-state index contributed by atoms with van der Waals surface area (Å²) in [5, 5.41) is 17.8. The van der Waals surface area contributed by atoms with Crippen molar-refractivity contribution in [3.05, 3.63) is 64.7 Å². The number of aryl methyl sites for hydroxylation is 3. The summed E-state index contributed by atoms with van der Waals surface area (Å²) in [5.74, 6) is -0.671. The maximum Gasteiger partial charge on any atom is 0.408 e. The lowest BCUT2D eigenvalue weighted by Gasteiger charge is -2.24. The highest BCUT2D eigenvalue weighted by atomic mass is 16.6. The number of phenolic OH excluding ortho intramolecular Hbond substituents is 1. The monoisotopic (exact) mass is 483 g/mol. The molecular formula is C27H37N3O5. The topological polar surface area (TPSA) is 117 Å². The fourth-order valence-corrected chi connectivity index (χ4v) is 3.67. The van der Waals surface area contributed by atoms with Gasteiger partial charge in [-0.1, -0.05) is 30.3 Å². The van der Waals surface area contributed by atoms with Crippen molar-refractivity contribution in [1.29, 1.82) is 0 Å². The molecule has 0 fully saturated rings. The molecule has 0 saturated heterocycles. The quantitative estimate of drug-likeness (QED) is 0.387. The molecule has 0 aromatic heterocycles. The second kappa shape index (κ2) is 12.8. The number of hydrogen-bond acceptors (Lipinski definition) is 5. The van der Waals surface area contributed by atoms with E-state index in [4.69, 9.17) is 4.74 Å². The number of phenols is 1. The molecule has 2 aromatic rings. The predicted octanol–water partition coefficient (Wildman–Crippen LogP) is 3.31. The molecule has 1 atom stereocenters. The van der Waals surface area contributed by atoms with Gasteiger partial charge < -0.3 is 25.8 Å². The van der Waals surface area contributed by atoms with Crippen molar-refractivity contribution in [3.63, 3.8) is 0 Å². The first-order valence-corrected chi connectivity index (χ1v) is 11.8. The smallest absolute Gasteiger partial charge is 0.408 e. The van der Waals surface area contributed by atoms with Crippen molar-refractivity contribution < 1.29 is 24.2 Å². The van der Waals surface area contributed by atoms with Crippen LogP contribution in [-0.4, -0.2) is 47.7 Å². The minimum Gasteiger partial charge on any atom is -0.508 e. The van der Waals surface area contributed by atoms with E-state index in [9.17, 15) is 19.5 Å². The van der Waals surface area contributed by atoms with Crippen molar-refractivity contribution in [3.8, 4) is 5.75 Å². The molecule has 3 amide bonds. The molecule has 0 bridgehead atoms. The summed E-state index contributed by atoms with van der Waals surface area (Å²) >= 11 is 0. The van der Waals surface area contributed by atoms with E-state index in [-0.39, 0.29) is 24.6 Å². The molecule has 1 unspecified atom stereocenters. The Labute approximate surface area is 207 Å². The van der Waals surface area contributed by atoms with Crippen molar-refractivity contribution in [2.45, 2.75) is 65.5 Å². The lowest BCUT2D eigenvalue weighted by molar-refractivity contribution is -0.127. The maximum absolute atomic E-state index is 12.9. The highest BCUT2D eigenvalue weighted by Gasteiger charge is 2.26. The Morgan fingerprint density at radius 1 is 1.00 bits per heavy atom. The van der Waals surface area contributed by atoms with E-state index in [0.717, 1.165) is 29.5 Å². The van der Waals surface area contributed by atoms with Gasteiger partial charge in [-0.3, -0.25) is 9.59 Å². The van der Waals surface area contributed by atoms with E-state index >= 15 is 0 Å². The second-order valence-corrected chi connectivity index (χ2v) is 9.62. The number of carbonyl (C=O) groups is 3. The Balaban J connectivity index is 1.95. The third-order valence-electron chi connectivity index (χ3n) is 5.33. The molecule has 8 nitrogen and oxygen atoms in total. The number of nitrogens with one attached hydrogen (secondary N) is 3. The first-order chi connectivity index (χ1) is 16.4. The molecule has 2 aromatic carbocycles. The van der Waals surface area contributed by atoms with Crippen molar-refractivity contribution in [1.82, 2.24) is 16.0 Å². The van der Waals surface area contributed by atoms with Crippen molar-refractivity contribution in [2.24, 2.45) is 0 Å². The molecule has 0 heterocycles. The summed E-state index contributed by atoms with van der Waals surface area (Å²) < 4.78 is 5.31. The van der Waals surface area contributed by atoms with E-state index in [1.54, 1.807) is 32.9 Å². The van der Waals surface area contributed by atoms with Crippen LogP contribution in [0.3, 0.4) is 0 Å². The number of ether oxygens (including phenoxy) is 1. The Kier molecular flexibility index (Phi) is 10.1. The number of carbonyl (C=O) groups excluding carboxylic acids is 3.